The van der Waals surface area contributed by atoms with E-state index in [-0.39, 0.29) is 0 Å². The highest BCUT2D eigenvalue weighted by Gasteiger charge is 2.09. The number of hydrogen-bond acceptors (Lipinski definition) is 2. The van der Waals surface area contributed by atoms with E-state index in [9.17, 15) is 0 Å². The summed E-state index contributed by atoms with van der Waals surface area (Å²) in [5, 5.41) is 6.82. The van der Waals surface area contributed by atoms with Crippen molar-refractivity contribution in [1.29, 1.82) is 0 Å². The number of halogens is 1. The Morgan fingerprint density at radius 2 is 1.68 bits per heavy atom. The zero-order chi connectivity index (χ0) is 15.1. The number of hydrogen-bond donors (Lipinski definition) is 1. The zero-order valence-electron chi connectivity index (χ0n) is 12.1. The summed E-state index contributed by atoms with van der Waals surface area (Å²) in [6, 6.07) is 21.0. The molecule has 1 N–H and O–H groups in total. The van der Waals surface area contributed by atoms with Crippen LogP contribution in [0.4, 0.5) is 11.4 Å². The van der Waals surface area contributed by atoms with Gasteiger partial charge in [0.15, 0.2) is 0 Å². The summed E-state index contributed by atoms with van der Waals surface area (Å²) in [5.74, 6) is 0. The van der Waals surface area contributed by atoms with Crippen LogP contribution in [0, 0.1) is 6.92 Å². The number of anilines is 2. The summed E-state index contributed by atoms with van der Waals surface area (Å²) in [6.07, 6.45) is 0. The van der Waals surface area contributed by atoms with E-state index in [1.807, 2.05) is 30.4 Å². The monoisotopic (exact) mass is 323 g/mol. The SMILES string of the molecule is Cc1ccc(Nc2cccc3c2sc2ccccc23)c(Cl)c1. The van der Waals surface area contributed by atoms with E-state index in [1.54, 1.807) is 0 Å². The van der Waals surface area contributed by atoms with Gasteiger partial charge in [0, 0.05) is 15.5 Å². The van der Waals surface area contributed by atoms with Gasteiger partial charge in [-0.25, -0.2) is 0 Å². The third kappa shape index (κ3) is 2.25. The fraction of sp³-hybridized carbons (Fsp3) is 0.0526. The van der Waals surface area contributed by atoms with E-state index in [2.05, 4.69) is 53.8 Å². The second-order valence-electron chi connectivity index (χ2n) is 5.39. The molecule has 4 rings (SSSR count). The first kappa shape index (κ1) is 13.6. The van der Waals surface area contributed by atoms with Crippen LogP contribution < -0.4 is 5.32 Å². The van der Waals surface area contributed by atoms with Crippen molar-refractivity contribution in [2.24, 2.45) is 0 Å². The Balaban J connectivity index is 1.88. The first-order valence-electron chi connectivity index (χ1n) is 7.16. The summed E-state index contributed by atoms with van der Waals surface area (Å²) in [4.78, 5) is 0. The van der Waals surface area contributed by atoms with Gasteiger partial charge in [0.05, 0.1) is 21.1 Å². The zero-order valence-corrected chi connectivity index (χ0v) is 13.6. The minimum absolute atomic E-state index is 0.748. The van der Waals surface area contributed by atoms with Gasteiger partial charge in [0.1, 0.15) is 0 Å². The maximum absolute atomic E-state index is 6.35. The molecule has 3 heteroatoms. The molecule has 0 saturated heterocycles. The molecule has 0 spiro atoms. The lowest BCUT2D eigenvalue weighted by atomic mass is 10.1. The minimum atomic E-state index is 0.748. The fourth-order valence-corrected chi connectivity index (χ4v) is 4.17. The van der Waals surface area contributed by atoms with Crippen LogP contribution in [0.5, 0.6) is 0 Å². The van der Waals surface area contributed by atoms with Crippen molar-refractivity contribution in [3.8, 4) is 0 Å². The van der Waals surface area contributed by atoms with Gasteiger partial charge in [-0.15, -0.1) is 11.3 Å². The summed E-state index contributed by atoms with van der Waals surface area (Å²) < 4.78 is 2.57. The molecule has 0 radical (unpaired) electrons. The Kier molecular flexibility index (Phi) is 3.29. The number of aryl methyl sites for hydroxylation is 1. The highest BCUT2D eigenvalue weighted by molar-refractivity contribution is 7.26. The molecule has 1 nitrogen and oxygen atoms in total. The van der Waals surface area contributed by atoms with Gasteiger partial charge in [-0.3, -0.25) is 0 Å². The summed E-state index contributed by atoms with van der Waals surface area (Å²) in [5.41, 5.74) is 3.21. The average Bonchev–Trinajstić information content (AvgIpc) is 2.90. The number of fused-ring (bicyclic) bond motifs is 3. The molecular formula is C19H14ClNS. The molecule has 4 aromatic rings. The van der Waals surface area contributed by atoms with E-state index < -0.39 is 0 Å². The lowest BCUT2D eigenvalue weighted by Gasteiger charge is -2.10. The molecule has 22 heavy (non-hydrogen) atoms. The molecule has 0 fully saturated rings. The maximum atomic E-state index is 6.35. The van der Waals surface area contributed by atoms with Gasteiger partial charge in [0.25, 0.3) is 0 Å². The molecule has 0 atom stereocenters. The third-order valence-electron chi connectivity index (χ3n) is 3.80. The Hall–Kier alpha value is -2.03. The molecule has 0 unspecified atom stereocenters. The average molecular weight is 324 g/mol. The van der Waals surface area contributed by atoms with Gasteiger partial charge >= 0.3 is 0 Å². The normalized spacial score (nSPS) is 11.2. The fourth-order valence-electron chi connectivity index (χ4n) is 2.71. The van der Waals surface area contributed by atoms with E-state index >= 15 is 0 Å². The molecule has 0 amide bonds. The second kappa shape index (κ2) is 5.31. The molecular weight excluding hydrogens is 310 g/mol. The van der Waals surface area contributed by atoms with Gasteiger partial charge < -0.3 is 5.32 Å². The van der Waals surface area contributed by atoms with Crippen LogP contribution >= 0.6 is 22.9 Å². The number of nitrogens with one attached hydrogen (secondary N) is 1. The van der Waals surface area contributed by atoms with Crippen LogP contribution in [0.3, 0.4) is 0 Å². The number of thiophene rings is 1. The molecule has 3 aromatic carbocycles. The van der Waals surface area contributed by atoms with Crippen LogP contribution in [0.2, 0.25) is 5.02 Å². The number of rotatable bonds is 2. The quantitative estimate of drug-likeness (QED) is 0.429. The van der Waals surface area contributed by atoms with Gasteiger partial charge in [-0.1, -0.05) is 48.0 Å². The first-order chi connectivity index (χ1) is 10.7. The summed E-state index contributed by atoms with van der Waals surface area (Å²) >= 11 is 8.16. The number of benzene rings is 3. The van der Waals surface area contributed by atoms with Crippen molar-refractivity contribution < 1.29 is 0 Å². The topological polar surface area (TPSA) is 12.0 Å². The highest BCUT2D eigenvalue weighted by Crippen LogP contribution is 2.39. The minimum Gasteiger partial charge on any atom is -0.353 e. The van der Waals surface area contributed by atoms with E-state index in [0.29, 0.717) is 0 Å². The third-order valence-corrected chi connectivity index (χ3v) is 5.33. The predicted molar refractivity (Wildman–Crippen MR) is 98.8 cm³/mol. The highest BCUT2D eigenvalue weighted by atomic mass is 35.5. The Morgan fingerprint density at radius 1 is 0.864 bits per heavy atom. The van der Waals surface area contributed by atoms with E-state index in [1.165, 1.54) is 20.2 Å². The largest absolute Gasteiger partial charge is 0.353 e. The molecule has 1 heterocycles. The Labute approximate surface area is 138 Å². The van der Waals surface area contributed by atoms with E-state index in [0.717, 1.165) is 22.0 Å². The first-order valence-corrected chi connectivity index (χ1v) is 8.35. The van der Waals surface area contributed by atoms with Crippen molar-refractivity contribution >= 4 is 54.5 Å². The van der Waals surface area contributed by atoms with Crippen molar-refractivity contribution in [3.05, 3.63) is 71.2 Å². The molecule has 0 aliphatic carbocycles. The molecule has 1 aromatic heterocycles. The van der Waals surface area contributed by atoms with Crippen LogP contribution in [0.25, 0.3) is 20.2 Å². The maximum Gasteiger partial charge on any atom is 0.0643 e. The molecule has 0 saturated carbocycles. The van der Waals surface area contributed by atoms with Crippen LogP contribution in [0.1, 0.15) is 5.56 Å². The van der Waals surface area contributed by atoms with Crippen LogP contribution in [-0.4, -0.2) is 0 Å². The summed E-state index contributed by atoms with van der Waals surface area (Å²) in [6.45, 7) is 2.04. The lowest BCUT2D eigenvalue weighted by Crippen LogP contribution is -1.91. The summed E-state index contributed by atoms with van der Waals surface area (Å²) in [7, 11) is 0. The smallest absolute Gasteiger partial charge is 0.0643 e. The standard InChI is InChI=1S/C19H14ClNS/c1-12-9-10-16(15(20)11-12)21-17-7-4-6-14-13-5-2-3-8-18(13)22-19(14)17/h2-11,21H,1H3. The molecule has 0 aliphatic heterocycles. The molecule has 0 bridgehead atoms. The Bertz CT molecular complexity index is 987. The van der Waals surface area contributed by atoms with Crippen molar-refractivity contribution in [3.63, 3.8) is 0 Å². The Morgan fingerprint density at radius 3 is 2.55 bits per heavy atom. The van der Waals surface area contributed by atoms with Crippen molar-refractivity contribution in [2.45, 2.75) is 6.92 Å². The van der Waals surface area contributed by atoms with Gasteiger partial charge in [0.2, 0.25) is 0 Å². The van der Waals surface area contributed by atoms with Gasteiger partial charge in [-0.05, 0) is 36.8 Å². The van der Waals surface area contributed by atoms with E-state index in [4.69, 9.17) is 11.6 Å². The van der Waals surface area contributed by atoms with Crippen LogP contribution in [0.15, 0.2) is 60.7 Å². The van der Waals surface area contributed by atoms with Crippen LogP contribution in [-0.2, 0) is 0 Å². The van der Waals surface area contributed by atoms with Crippen molar-refractivity contribution in [2.75, 3.05) is 5.32 Å². The molecule has 108 valence electrons. The molecule has 0 aliphatic rings. The lowest BCUT2D eigenvalue weighted by molar-refractivity contribution is 1.46. The predicted octanol–water partition coefficient (Wildman–Crippen LogP) is 6.76. The van der Waals surface area contributed by atoms with Gasteiger partial charge in [-0.2, -0.15) is 0 Å². The van der Waals surface area contributed by atoms with Crippen molar-refractivity contribution in [1.82, 2.24) is 0 Å². The second-order valence-corrected chi connectivity index (χ2v) is 6.85.